The fourth-order valence-electron chi connectivity index (χ4n) is 1.70. The lowest BCUT2D eigenvalue weighted by Gasteiger charge is -2.19. The zero-order valence-electron chi connectivity index (χ0n) is 11.5. The lowest BCUT2D eigenvalue weighted by atomic mass is 10.1. The van der Waals surface area contributed by atoms with E-state index in [1.54, 1.807) is 14.0 Å². The normalized spacial score (nSPS) is 14.0. The second-order valence-corrected chi connectivity index (χ2v) is 4.99. The SMILES string of the molecule is Cc1nn(C)c(CC(COCC(F)(F)C(F)F)NN)c1Cl. The number of nitrogens with one attached hydrogen (secondary N) is 1. The van der Waals surface area contributed by atoms with Crippen molar-refractivity contribution < 1.29 is 22.3 Å². The summed E-state index contributed by atoms with van der Waals surface area (Å²) in [6.45, 7) is 0.0801. The third-order valence-electron chi connectivity index (χ3n) is 2.87. The lowest BCUT2D eigenvalue weighted by molar-refractivity contribution is -0.167. The third kappa shape index (κ3) is 4.80. The van der Waals surface area contributed by atoms with E-state index in [0.717, 1.165) is 0 Å². The van der Waals surface area contributed by atoms with Gasteiger partial charge < -0.3 is 4.74 Å². The number of ether oxygens (including phenoxy) is 1. The maximum atomic E-state index is 12.7. The Morgan fingerprint density at radius 1 is 1.48 bits per heavy atom. The van der Waals surface area contributed by atoms with Crippen molar-refractivity contribution in [3.8, 4) is 0 Å². The molecule has 0 spiro atoms. The Morgan fingerprint density at radius 3 is 2.52 bits per heavy atom. The zero-order chi connectivity index (χ0) is 16.2. The summed E-state index contributed by atoms with van der Waals surface area (Å²) >= 11 is 6.05. The molecule has 0 amide bonds. The molecule has 0 saturated carbocycles. The summed E-state index contributed by atoms with van der Waals surface area (Å²) in [6.07, 6.45) is -3.51. The number of hydrogen-bond donors (Lipinski definition) is 2. The first-order valence-corrected chi connectivity index (χ1v) is 6.44. The summed E-state index contributed by atoms with van der Waals surface area (Å²) in [5.41, 5.74) is 3.63. The van der Waals surface area contributed by atoms with E-state index >= 15 is 0 Å². The third-order valence-corrected chi connectivity index (χ3v) is 3.36. The molecule has 1 aromatic heterocycles. The van der Waals surface area contributed by atoms with Crippen LogP contribution in [-0.2, 0) is 18.2 Å². The maximum absolute atomic E-state index is 12.7. The quantitative estimate of drug-likeness (QED) is 0.432. The Morgan fingerprint density at radius 2 is 2.10 bits per heavy atom. The summed E-state index contributed by atoms with van der Waals surface area (Å²) in [7, 11) is 1.67. The molecule has 10 heteroatoms. The number of hydrogen-bond acceptors (Lipinski definition) is 4. The van der Waals surface area contributed by atoms with E-state index in [4.69, 9.17) is 17.4 Å². The Balaban J connectivity index is 2.57. The molecular weight excluding hydrogens is 316 g/mol. The van der Waals surface area contributed by atoms with Crippen LogP contribution in [-0.4, -0.2) is 41.4 Å². The van der Waals surface area contributed by atoms with Gasteiger partial charge in [-0.1, -0.05) is 11.6 Å². The highest BCUT2D eigenvalue weighted by molar-refractivity contribution is 6.31. The number of alkyl halides is 4. The molecule has 0 aliphatic heterocycles. The fraction of sp³-hybridized carbons (Fsp3) is 0.727. The molecule has 1 atom stereocenters. The number of hydrazine groups is 1. The van der Waals surface area contributed by atoms with Crippen molar-refractivity contribution in [2.24, 2.45) is 12.9 Å². The highest BCUT2D eigenvalue weighted by atomic mass is 35.5. The predicted octanol–water partition coefficient (Wildman–Crippen LogP) is 1.67. The van der Waals surface area contributed by atoms with Crippen LogP contribution in [0.15, 0.2) is 0 Å². The van der Waals surface area contributed by atoms with Crippen LogP contribution in [0.2, 0.25) is 5.02 Å². The van der Waals surface area contributed by atoms with Crippen molar-refractivity contribution >= 4 is 11.6 Å². The molecule has 0 aliphatic rings. The van der Waals surface area contributed by atoms with E-state index in [1.165, 1.54) is 4.68 Å². The first kappa shape index (κ1) is 18.1. The van der Waals surface area contributed by atoms with Gasteiger partial charge in [0, 0.05) is 13.5 Å². The van der Waals surface area contributed by atoms with Crippen LogP contribution in [0.3, 0.4) is 0 Å². The Hall–Kier alpha value is -0.900. The van der Waals surface area contributed by atoms with E-state index in [9.17, 15) is 17.6 Å². The second-order valence-electron chi connectivity index (χ2n) is 4.61. The molecule has 1 rings (SSSR count). The molecule has 1 unspecified atom stereocenters. The van der Waals surface area contributed by atoms with Crippen molar-refractivity contribution in [3.05, 3.63) is 16.4 Å². The Labute approximate surface area is 124 Å². The predicted molar refractivity (Wildman–Crippen MR) is 69.5 cm³/mol. The molecule has 0 fully saturated rings. The molecule has 1 heterocycles. The van der Waals surface area contributed by atoms with Crippen LogP contribution in [0.25, 0.3) is 0 Å². The topological polar surface area (TPSA) is 65.1 Å². The maximum Gasteiger partial charge on any atom is 0.330 e. The minimum absolute atomic E-state index is 0.257. The van der Waals surface area contributed by atoms with Gasteiger partial charge in [-0.25, -0.2) is 8.78 Å². The smallest absolute Gasteiger partial charge is 0.330 e. The molecule has 21 heavy (non-hydrogen) atoms. The van der Waals surface area contributed by atoms with Crippen LogP contribution < -0.4 is 11.3 Å². The number of rotatable bonds is 8. The molecule has 0 radical (unpaired) electrons. The summed E-state index contributed by atoms with van der Waals surface area (Å²) in [5.74, 6) is 1.12. The van der Waals surface area contributed by atoms with E-state index < -0.39 is 25.0 Å². The zero-order valence-corrected chi connectivity index (χ0v) is 12.3. The van der Waals surface area contributed by atoms with Crippen LogP contribution >= 0.6 is 11.6 Å². The monoisotopic (exact) mass is 332 g/mol. The summed E-state index contributed by atoms with van der Waals surface area (Å²) < 4.78 is 55.5. The van der Waals surface area contributed by atoms with Gasteiger partial charge in [0.2, 0.25) is 0 Å². The molecule has 122 valence electrons. The van der Waals surface area contributed by atoms with Gasteiger partial charge in [-0.05, 0) is 6.92 Å². The van der Waals surface area contributed by atoms with Crippen molar-refractivity contribution in [2.45, 2.75) is 31.7 Å². The van der Waals surface area contributed by atoms with Gasteiger partial charge >= 0.3 is 12.3 Å². The molecule has 0 aliphatic carbocycles. The molecule has 3 N–H and O–H groups in total. The molecule has 0 saturated heterocycles. The minimum atomic E-state index is -4.18. The highest BCUT2D eigenvalue weighted by Crippen LogP contribution is 2.23. The second kappa shape index (κ2) is 7.39. The largest absolute Gasteiger partial charge is 0.373 e. The number of nitrogens with two attached hydrogens (primary N) is 1. The van der Waals surface area contributed by atoms with E-state index in [1.807, 2.05) is 0 Å². The van der Waals surface area contributed by atoms with Crippen LogP contribution in [0.1, 0.15) is 11.4 Å². The Kier molecular flexibility index (Phi) is 6.39. The van der Waals surface area contributed by atoms with Crippen molar-refractivity contribution in [2.75, 3.05) is 13.2 Å². The molecule has 0 bridgehead atoms. The van der Waals surface area contributed by atoms with Gasteiger partial charge in [0.15, 0.2) is 0 Å². The molecule has 5 nitrogen and oxygen atoms in total. The molecular formula is C11H17ClF4N4O. The summed E-state index contributed by atoms with van der Waals surface area (Å²) in [6, 6.07) is -0.564. The highest BCUT2D eigenvalue weighted by Gasteiger charge is 2.41. The molecule has 1 aromatic rings. The summed E-state index contributed by atoms with van der Waals surface area (Å²) in [4.78, 5) is 0. The van der Waals surface area contributed by atoms with Crippen molar-refractivity contribution in [1.82, 2.24) is 15.2 Å². The minimum Gasteiger partial charge on any atom is -0.373 e. The van der Waals surface area contributed by atoms with Crippen LogP contribution in [0.4, 0.5) is 17.6 Å². The van der Waals surface area contributed by atoms with E-state index in [0.29, 0.717) is 16.4 Å². The van der Waals surface area contributed by atoms with Gasteiger partial charge in [-0.2, -0.15) is 13.9 Å². The summed E-state index contributed by atoms with van der Waals surface area (Å²) in [5, 5.41) is 4.54. The lowest BCUT2D eigenvalue weighted by Crippen LogP contribution is -2.42. The van der Waals surface area contributed by atoms with Gasteiger partial charge in [-0.15, -0.1) is 0 Å². The number of aromatic nitrogens is 2. The van der Waals surface area contributed by atoms with Gasteiger partial charge in [0.1, 0.15) is 6.61 Å². The first-order valence-electron chi connectivity index (χ1n) is 6.06. The standard InChI is InChI=1S/C11H17ClF4N4O/c1-6-9(12)8(20(2)19-6)3-7(18-17)4-21-5-11(15,16)10(13)14/h7,10,18H,3-5,17H2,1-2H3. The van der Waals surface area contributed by atoms with Crippen LogP contribution in [0, 0.1) is 6.92 Å². The van der Waals surface area contributed by atoms with E-state index in [-0.39, 0.29) is 13.0 Å². The average Bonchev–Trinajstić information content (AvgIpc) is 2.63. The van der Waals surface area contributed by atoms with Gasteiger partial charge in [0.25, 0.3) is 0 Å². The number of halogens is 5. The fourth-order valence-corrected chi connectivity index (χ4v) is 1.94. The van der Waals surface area contributed by atoms with Crippen molar-refractivity contribution in [1.29, 1.82) is 0 Å². The average molecular weight is 333 g/mol. The van der Waals surface area contributed by atoms with Crippen LogP contribution in [0.5, 0.6) is 0 Å². The van der Waals surface area contributed by atoms with Gasteiger partial charge in [-0.3, -0.25) is 16.0 Å². The van der Waals surface area contributed by atoms with Gasteiger partial charge in [0.05, 0.1) is 29.1 Å². The Bertz CT molecular complexity index is 469. The number of nitrogens with zero attached hydrogens (tertiary/aromatic N) is 2. The van der Waals surface area contributed by atoms with Crippen molar-refractivity contribution in [3.63, 3.8) is 0 Å². The molecule has 0 aromatic carbocycles. The van der Waals surface area contributed by atoms with E-state index in [2.05, 4.69) is 15.3 Å². The number of aryl methyl sites for hydroxylation is 2. The first-order chi connectivity index (χ1) is 9.69.